The van der Waals surface area contributed by atoms with E-state index in [-0.39, 0.29) is 0 Å². The molecular formula is C31H38N6O. The van der Waals surface area contributed by atoms with Crippen LogP contribution in [0, 0.1) is 19.4 Å². The van der Waals surface area contributed by atoms with Crippen LogP contribution < -0.4 is 14.5 Å². The van der Waals surface area contributed by atoms with Crippen molar-refractivity contribution in [3.05, 3.63) is 64.6 Å². The van der Waals surface area contributed by atoms with Crippen LogP contribution >= 0.6 is 0 Å². The fourth-order valence-corrected chi connectivity index (χ4v) is 6.59. The average molecular weight is 511 g/mol. The van der Waals surface area contributed by atoms with Crippen LogP contribution in [0.25, 0.3) is 15.6 Å². The highest BCUT2D eigenvalue weighted by Crippen LogP contribution is 2.36. The molecule has 0 spiro atoms. The smallest absolute Gasteiger partial charge is 0.318 e. The van der Waals surface area contributed by atoms with Gasteiger partial charge in [-0.15, -0.1) is 0 Å². The highest BCUT2D eigenvalue weighted by Gasteiger charge is 2.30. The van der Waals surface area contributed by atoms with Crippen molar-refractivity contribution in [3.63, 3.8) is 0 Å². The molecule has 3 aliphatic heterocycles. The van der Waals surface area contributed by atoms with Gasteiger partial charge in [0.2, 0.25) is 6.54 Å². The Hall–Kier alpha value is -3.37. The molecule has 0 aliphatic carbocycles. The normalized spacial score (nSPS) is 21.9. The minimum atomic E-state index is 0.405. The number of aromatic nitrogens is 2. The van der Waals surface area contributed by atoms with Crippen molar-refractivity contribution >= 4 is 22.3 Å². The molecule has 2 saturated heterocycles. The Balaban J connectivity index is 1.34. The third-order valence-corrected chi connectivity index (χ3v) is 8.70. The van der Waals surface area contributed by atoms with Gasteiger partial charge in [-0.05, 0) is 69.6 Å². The van der Waals surface area contributed by atoms with E-state index in [0.717, 1.165) is 69.9 Å². The summed E-state index contributed by atoms with van der Waals surface area (Å²) >= 11 is 0. The first kappa shape index (κ1) is 24.9. The van der Waals surface area contributed by atoms with Crippen molar-refractivity contribution in [2.45, 2.75) is 51.6 Å². The van der Waals surface area contributed by atoms with E-state index in [9.17, 15) is 0 Å². The quantitative estimate of drug-likeness (QED) is 0.430. The molecule has 2 fully saturated rings. The zero-order chi connectivity index (χ0) is 26.1. The zero-order valence-electron chi connectivity index (χ0n) is 22.7. The predicted molar refractivity (Wildman–Crippen MR) is 153 cm³/mol. The molecule has 2 atom stereocenters. The number of nitrogens with zero attached hydrogens (tertiary/aromatic N) is 6. The molecule has 3 aliphatic rings. The summed E-state index contributed by atoms with van der Waals surface area (Å²) in [5.74, 6) is 1.44. The van der Waals surface area contributed by atoms with Crippen molar-refractivity contribution in [1.82, 2.24) is 14.9 Å². The van der Waals surface area contributed by atoms with Gasteiger partial charge < -0.3 is 24.3 Å². The van der Waals surface area contributed by atoms with E-state index in [4.69, 9.17) is 21.3 Å². The minimum absolute atomic E-state index is 0.405. The predicted octanol–water partition coefficient (Wildman–Crippen LogP) is 5.11. The summed E-state index contributed by atoms with van der Waals surface area (Å²) in [7, 11) is 2.18. The maximum Gasteiger partial charge on any atom is 0.318 e. The molecule has 7 nitrogen and oxygen atoms in total. The molecule has 0 unspecified atom stereocenters. The van der Waals surface area contributed by atoms with Gasteiger partial charge in [0, 0.05) is 48.2 Å². The lowest BCUT2D eigenvalue weighted by atomic mass is 9.96. The molecule has 7 heteroatoms. The van der Waals surface area contributed by atoms with E-state index in [1.165, 1.54) is 34.0 Å². The summed E-state index contributed by atoms with van der Waals surface area (Å²) in [4.78, 5) is 21.0. The van der Waals surface area contributed by atoms with Crippen molar-refractivity contribution in [1.29, 1.82) is 0 Å². The number of piperidine rings is 1. The van der Waals surface area contributed by atoms with Crippen LogP contribution in [0.5, 0.6) is 6.01 Å². The number of aryl methyl sites for hydroxylation is 1. The van der Waals surface area contributed by atoms with Gasteiger partial charge in [-0.3, -0.25) is 0 Å². The number of fused-ring (bicyclic) bond motifs is 2. The second kappa shape index (κ2) is 10.8. The molecule has 0 saturated carbocycles. The Morgan fingerprint density at radius 2 is 1.87 bits per heavy atom. The minimum Gasteiger partial charge on any atom is -0.462 e. The highest BCUT2D eigenvalue weighted by molar-refractivity contribution is 5.97. The lowest BCUT2D eigenvalue weighted by molar-refractivity contribution is 0.187. The van der Waals surface area contributed by atoms with Crippen LogP contribution in [0.1, 0.15) is 42.5 Å². The Morgan fingerprint density at radius 3 is 2.68 bits per heavy atom. The second-order valence-corrected chi connectivity index (χ2v) is 11.3. The topological polar surface area (TPSA) is 49.1 Å². The highest BCUT2D eigenvalue weighted by atomic mass is 16.5. The number of benzene rings is 2. The Kier molecular flexibility index (Phi) is 7.08. The van der Waals surface area contributed by atoms with Gasteiger partial charge >= 0.3 is 6.01 Å². The van der Waals surface area contributed by atoms with Crippen LogP contribution in [0.15, 0.2) is 36.4 Å². The monoisotopic (exact) mass is 510 g/mol. The van der Waals surface area contributed by atoms with Crippen LogP contribution in [-0.4, -0.2) is 67.3 Å². The third-order valence-electron chi connectivity index (χ3n) is 8.70. The number of hydrogen-bond donors (Lipinski definition) is 0. The fourth-order valence-electron chi connectivity index (χ4n) is 6.59. The van der Waals surface area contributed by atoms with Gasteiger partial charge in [-0.2, -0.15) is 9.97 Å². The molecule has 0 radical (unpaired) electrons. The summed E-state index contributed by atoms with van der Waals surface area (Å²) < 4.78 is 6.30. The Morgan fingerprint density at radius 1 is 1.03 bits per heavy atom. The van der Waals surface area contributed by atoms with E-state index in [1.807, 2.05) is 0 Å². The lowest BCUT2D eigenvalue weighted by Crippen LogP contribution is -2.39. The zero-order valence-corrected chi connectivity index (χ0v) is 22.7. The van der Waals surface area contributed by atoms with Crippen molar-refractivity contribution in [2.24, 2.45) is 5.92 Å². The summed E-state index contributed by atoms with van der Waals surface area (Å²) in [6.45, 7) is 15.5. The largest absolute Gasteiger partial charge is 0.462 e. The first-order valence-corrected chi connectivity index (χ1v) is 14.1. The molecule has 4 heterocycles. The number of anilines is 2. The SMILES string of the molecule is [C-]#[N+]C[C@@H]1CCCN(c2nc(OC[C@@H]3CCCN3C)nc3c2CCN(c2cccc4cccc(C)c24)C3)C1. The van der Waals surface area contributed by atoms with Crippen LogP contribution in [0.4, 0.5) is 11.5 Å². The molecule has 0 N–H and O–H groups in total. The second-order valence-electron chi connectivity index (χ2n) is 11.3. The van der Waals surface area contributed by atoms with Crippen LogP contribution in [0.3, 0.4) is 0 Å². The van der Waals surface area contributed by atoms with Crippen LogP contribution in [0.2, 0.25) is 0 Å². The summed E-state index contributed by atoms with van der Waals surface area (Å²) in [5, 5.41) is 2.60. The lowest BCUT2D eigenvalue weighted by Gasteiger charge is -2.36. The Bertz CT molecular complexity index is 1340. The number of rotatable bonds is 6. The molecule has 0 amide bonds. The van der Waals surface area contributed by atoms with E-state index < -0.39 is 0 Å². The van der Waals surface area contributed by atoms with Gasteiger partial charge in [-0.1, -0.05) is 30.3 Å². The van der Waals surface area contributed by atoms with Gasteiger partial charge in [-0.25, -0.2) is 6.57 Å². The molecule has 198 valence electrons. The number of ether oxygens (including phenoxy) is 1. The summed E-state index contributed by atoms with van der Waals surface area (Å²) in [6.07, 6.45) is 5.51. The number of hydrogen-bond acceptors (Lipinski definition) is 6. The number of likely N-dealkylation sites (N-methyl/N-ethyl adjacent to an activating group) is 1. The standard InChI is InChI=1S/C31H38N6O/c1-22-8-4-10-24-11-5-13-28(29(22)24)36-17-14-26-27(20-36)33-31(38-21-25-12-7-15-35(25)3)34-30(26)37-16-6-9-23(19-37)18-32-2/h4-5,8,10-11,13,23,25H,6-7,9,12,14-21H2,1,3H3/t23-,25-/m0/s1. The molecule has 0 bridgehead atoms. The van der Waals surface area contributed by atoms with E-state index in [1.54, 1.807) is 0 Å². The van der Waals surface area contributed by atoms with Gasteiger partial charge in [0.15, 0.2) is 0 Å². The molecule has 6 rings (SSSR count). The molecule has 38 heavy (non-hydrogen) atoms. The van der Waals surface area contributed by atoms with E-state index >= 15 is 0 Å². The van der Waals surface area contributed by atoms with Crippen molar-refractivity contribution in [3.8, 4) is 6.01 Å². The molecule has 2 aromatic carbocycles. The van der Waals surface area contributed by atoms with E-state index in [0.29, 0.717) is 31.1 Å². The van der Waals surface area contributed by atoms with E-state index in [2.05, 4.69) is 69.9 Å². The van der Waals surface area contributed by atoms with Gasteiger partial charge in [0.05, 0.1) is 12.2 Å². The average Bonchev–Trinajstić information content (AvgIpc) is 3.35. The first-order chi connectivity index (χ1) is 18.6. The molecular weight excluding hydrogens is 472 g/mol. The molecule has 3 aromatic rings. The fraction of sp³-hybridized carbons (Fsp3) is 0.516. The van der Waals surface area contributed by atoms with Gasteiger partial charge in [0.25, 0.3) is 0 Å². The first-order valence-electron chi connectivity index (χ1n) is 14.1. The summed E-state index contributed by atoms with van der Waals surface area (Å²) in [6, 6.07) is 14.1. The Labute approximate surface area is 226 Å². The van der Waals surface area contributed by atoms with Crippen molar-refractivity contribution in [2.75, 3.05) is 56.2 Å². The summed E-state index contributed by atoms with van der Waals surface area (Å²) in [5.41, 5.74) is 4.91. The van der Waals surface area contributed by atoms with Crippen LogP contribution in [-0.2, 0) is 13.0 Å². The maximum atomic E-state index is 7.38. The van der Waals surface area contributed by atoms with Gasteiger partial charge in [0.1, 0.15) is 12.4 Å². The number of likely N-dealkylation sites (tertiary alicyclic amines) is 1. The van der Waals surface area contributed by atoms with Crippen molar-refractivity contribution < 1.29 is 4.74 Å². The molecule has 1 aromatic heterocycles. The third kappa shape index (κ3) is 4.90. The maximum absolute atomic E-state index is 7.38.